The highest BCUT2D eigenvalue weighted by molar-refractivity contribution is 5.91. The molecule has 3 rings (SSSR count). The molecule has 1 amide bonds. The SMILES string of the molecule is CCOC(=O)c1cc(C)n(CC(=O)OCC(=O)N2CCN(c3ccccc3)CC2)c1C. The van der Waals surface area contributed by atoms with E-state index in [0.717, 1.165) is 24.5 Å². The highest BCUT2D eigenvalue weighted by Crippen LogP contribution is 2.17. The van der Waals surface area contributed by atoms with E-state index in [-0.39, 0.29) is 25.7 Å². The number of aryl methyl sites for hydroxylation is 1. The van der Waals surface area contributed by atoms with Gasteiger partial charge in [-0.1, -0.05) is 18.2 Å². The van der Waals surface area contributed by atoms with E-state index in [2.05, 4.69) is 17.0 Å². The lowest BCUT2D eigenvalue weighted by molar-refractivity contribution is -0.152. The van der Waals surface area contributed by atoms with Crippen LogP contribution in [0.5, 0.6) is 0 Å². The van der Waals surface area contributed by atoms with Crippen LogP contribution in [-0.4, -0.2) is 66.7 Å². The van der Waals surface area contributed by atoms with Crippen molar-refractivity contribution in [3.63, 3.8) is 0 Å². The highest BCUT2D eigenvalue weighted by atomic mass is 16.5. The van der Waals surface area contributed by atoms with Crippen LogP contribution in [0.2, 0.25) is 0 Å². The highest BCUT2D eigenvalue weighted by Gasteiger charge is 2.23. The Bertz CT molecular complexity index is 930. The lowest BCUT2D eigenvalue weighted by Gasteiger charge is -2.36. The molecular weight excluding hydrogens is 398 g/mol. The summed E-state index contributed by atoms with van der Waals surface area (Å²) < 4.78 is 12.0. The van der Waals surface area contributed by atoms with Crippen LogP contribution in [0.4, 0.5) is 5.69 Å². The lowest BCUT2D eigenvalue weighted by Crippen LogP contribution is -2.50. The van der Waals surface area contributed by atoms with E-state index >= 15 is 0 Å². The number of piperazine rings is 1. The number of ether oxygens (including phenoxy) is 2. The Morgan fingerprint density at radius 3 is 2.29 bits per heavy atom. The smallest absolute Gasteiger partial charge is 0.339 e. The Hall–Kier alpha value is -3.29. The van der Waals surface area contributed by atoms with Gasteiger partial charge in [-0.05, 0) is 39.0 Å². The topological polar surface area (TPSA) is 81.1 Å². The summed E-state index contributed by atoms with van der Waals surface area (Å²) >= 11 is 0. The zero-order valence-corrected chi connectivity index (χ0v) is 18.3. The van der Waals surface area contributed by atoms with Crippen molar-refractivity contribution in [2.24, 2.45) is 0 Å². The molecule has 1 aromatic carbocycles. The van der Waals surface area contributed by atoms with Crippen molar-refractivity contribution in [2.75, 3.05) is 44.3 Å². The van der Waals surface area contributed by atoms with Gasteiger partial charge < -0.3 is 23.8 Å². The van der Waals surface area contributed by atoms with Gasteiger partial charge in [-0.3, -0.25) is 9.59 Å². The third-order valence-corrected chi connectivity index (χ3v) is 5.47. The first-order valence-corrected chi connectivity index (χ1v) is 10.5. The van der Waals surface area contributed by atoms with E-state index in [1.54, 1.807) is 36.3 Å². The number of carbonyl (C=O) groups is 3. The molecule has 0 aliphatic carbocycles. The van der Waals surface area contributed by atoms with E-state index in [4.69, 9.17) is 9.47 Å². The molecular formula is C23H29N3O5. The minimum atomic E-state index is -0.520. The first-order chi connectivity index (χ1) is 14.9. The van der Waals surface area contributed by atoms with Crippen LogP contribution in [-0.2, 0) is 25.6 Å². The summed E-state index contributed by atoms with van der Waals surface area (Å²) in [5, 5.41) is 0. The summed E-state index contributed by atoms with van der Waals surface area (Å²) in [5.41, 5.74) is 2.96. The van der Waals surface area contributed by atoms with Crippen molar-refractivity contribution in [3.8, 4) is 0 Å². The molecule has 1 fully saturated rings. The van der Waals surface area contributed by atoms with Crippen molar-refractivity contribution in [3.05, 3.63) is 53.3 Å². The van der Waals surface area contributed by atoms with Crippen LogP contribution in [0.3, 0.4) is 0 Å². The molecule has 1 aromatic heterocycles. The van der Waals surface area contributed by atoms with Gasteiger partial charge in [0.25, 0.3) is 5.91 Å². The van der Waals surface area contributed by atoms with E-state index in [0.29, 0.717) is 24.3 Å². The zero-order chi connectivity index (χ0) is 22.4. The molecule has 2 heterocycles. The fourth-order valence-corrected chi connectivity index (χ4v) is 3.72. The Balaban J connectivity index is 1.48. The normalized spacial score (nSPS) is 13.8. The molecule has 0 bridgehead atoms. The lowest BCUT2D eigenvalue weighted by atomic mass is 10.2. The predicted molar refractivity (Wildman–Crippen MR) is 116 cm³/mol. The Morgan fingerprint density at radius 1 is 0.968 bits per heavy atom. The van der Waals surface area contributed by atoms with Gasteiger partial charge in [-0.15, -0.1) is 0 Å². The van der Waals surface area contributed by atoms with Crippen LogP contribution in [0, 0.1) is 13.8 Å². The van der Waals surface area contributed by atoms with Gasteiger partial charge in [-0.25, -0.2) is 4.79 Å². The van der Waals surface area contributed by atoms with Gasteiger partial charge in [0.05, 0.1) is 12.2 Å². The summed E-state index contributed by atoms with van der Waals surface area (Å²) in [4.78, 5) is 40.7. The van der Waals surface area contributed by atoms with Crippen LogP contribution in [0.1, 0.15) is 28.7 Å². The van der Waals surface area contributed by atoms with Crippen LogP contribution in [0.25, 0.3) is 0 Å². The van der Waals surface area contributed by atoms with Gasteiger partial charge in [0, 0.05) is 43.3 Å². The van der Waals surface area contributed by atoms with E-state index in [1.165, 1.54) is 0 Å². The summed E-state index contributed by atoms with van der Waals surface area (Å²) in [7, 11) is 0. The Kier molecular flexibility index (Phi) is 7.33. The summed E-state index contributed by atoms with van der Waals surface area (Å²) in [6.45, 7) is 7.89. The first kappa shape index (κ1) is 22.4. The second kappa shape index (κ2) is 10.1. The van der Waals surface area contributed by atoms with Gasteiger partial charge >= 0.3 is 11.9 Å². The maximum Gasteiger partial charge on any atom is 0.339 e. The quantitative estimate of drug-likeness (QED) is 0.630. The van der Waals surface area contributed by atoms with Crippen LogP contribution >= 0.6 is 0 Å². The molecule has 1 saturated heterocycles. The third kappa shape index (κ3) is 5.45. The number of rotatable bonds is 7. The minimum Gasteiger partial charge on any atom is -0.462 e. The molecule has 2 aromatic rings. The van der Waals surface area contributed by atoms with E-state index in [9.17, 15) is 14.4 Å². The number of benzene rings is 1. The van der Waals surface area contributed by atoms with Crippen molar-refractivity contribution in [2.45, 2.75) is 27.3 Å². The number of amides is 1. The van der Waals surface area contributed by atoms with Crippen LogP contribution in [0.15, 0.2) is 36.4 Å². The Labute approximate surface area is 182 Å². The molecule has 0 radical (unpaired) electrons. The molecule has 166 valence electrons. The summed E-state index contributed by atoms with van der Waals surface area (Å²) in [6.07, 6.45) is 0. The van der Waals surface area contributed by atoms with Gasteiger partial charge in [0.1, 0.15) is 6.54 Å². The van der Waals surface area contributed by atoms with Gasteiger partial charge in [-0.2, -0.15) is 0 Å². The maximum atomic E-state index is 12.5. The fraction of sp³-hybridized carbons (Fsp3) is 0.435. The number of nitrogens with zero attached hydrogens (tertiary/aromatic N) is 3. The zero-order valence-electron chi connectivity index (χ0n) is 18.3. The number of para-hydroxylation sites is 1. The summed E-state index contributed by atoms with van der Waals surface area (Å²) in [6, 6.07) is 11.8. The molecule has 31 heavy (non-hydrogen) atoms. The largest absolute Gasteiger partial charge is 0.462 e. The standard InChI is InChI=1S/C23H29N3O5/c1-4-30-23(29)20-14-17(2)26(18(20)3)15-22(28)31-16-21(27)25-12-10-24(11-13-25)19-8-6-5-7-9-19/h5-9,14H,4,10-13,15-16H2,1-3H3. The van der Waals surface area contributed by atoms with E-state index < -0.39 is 11.9 Å². The third-order valence-electron chi connectivity index (χ3n) is 5.47. The molecule has 8 nitrogen and oxygen atoms in total. The molecule has 8 heteroatoms. The average molecular weight is 428 g/mol. The van der Waals surface area contributed by atoms with Gasteiger partial charge in [0.15, 0.2) is 6.61 Å². The molecule has 0 unspecified atom stereocenters. The first-order valence-electron chi connectivity index (χ1n) is 10.5. The molecule has 1 aliphatic rings. The maximum absolute atomic E-state index is 12.5. The van der Waals surface area contributed by atoms with Crippen molar-refractivity contribution < 1.29 is 23.9 Å². The monoisotopic (exact) mass is 427 g/mol. The number of esters is 2. The van der Waals surface area contributed by atoms with Crippen LogP contribution < -0.4 is 4.90 Å². The number of aromatic nitrogens is 1. The van der Waals surface area contributed by atoms with Gasteiger partial charge in [0.2, 0.25) is 0 Å². The predicted octanol–water partition coefficient (Wildman–Crippen LogP) is 2.17. The second-order valence-electron chi connectivity index (χ2n) is 7.46. The molecule has 0 spiro atoms. The molecule has 1 aliphatic heterocycles. The Morgan fingerprint density at radius 2 is 1.65 bits per heavy atom. The fourth-order valence-electron chi connectivity index (χ4n) is 3.72. The van der Waals surface area contributed by atoms with Crippen molar-refractivity contribution in [1.82, 2.24) is 9.47 Å². The van der Waals surface area contributed by atoms with Crippen molar-refractivity contribution >= 4 is 23.5 Å². The minimum absolute atomic E-state index is 0.0634. The molecule has 0 atom stereocenters. The van der Waals surface area contributed by atoms with E-state index in [1.807, 2.05) is 18.2 Å². The number of hydrogen-bond acceptors (Lipinski definition) is 6. The van der Waals surface area contributed by atoms with Crippen molar-refractivity contribution in [1.29, 1.82) is 0 Å². The molecule has 0 saturated carbocycles. The number of hydrogen-bond donors (Lipinski definition) is 0. The molecule has 0 N–H and O–H groups in total. The average Bonchev–Trinajstić information content (AvgIpc) is 3.06. The summed E-state index contributed by atoms with van der Waals surface area (Å²) in [5.74, 6) is -1.14. The second-order valence-corrected chi connectivity index (χ2v) is 7.46. The number of carbonyl (C=O) groups excluding carboxylic acids is 3. The number of anilines is 1.